The fraction of sp³-hybridized carbons (Fsp3) is 0.281. The first kappa shape index (κ1) is 28.8. The Balaban J connectivity index is 1.58. The minimum Gasteiger partial charge on any atom is -0.459 e. The Bertz CT molecular complexity index is 1430. The number of nitrogens with one attached hydrogen (secondary N) is 1. The molecule has 4 rings (SSSR count). The third kappa shape index (κ3) is 8.41. The predicted octanol–water partition coefficient (Wildman–Crippen LogP) is 6.11. The molecule has 0 fully saturated rings. The zero-order chi connectivity index (χ0) is 28.5. The molecule has 4 aromatic rings. The number of esters is 1. The summed E-state index contributed by atoms with van der Waals surface area (Å²) in [7, 11) is 0. The van der Waals surface area contributed by atoms with E-state index in [1.165, 1.54) is 4.90 Å². The van der Waals surface area contributed by atoms with E-state index in [2.05, 4.69) is 5.32 Å². The van der Waals surface area contributed by atoms with Crippen molar-refractivity contribution in [1.29, 1.82) is 0 Å². The molecule has 40 heavy (non-hydrogen) atoms. The molecule has 1 aromatic heterocycles. The zero-order valence-electron chi connectivity index (χ0n) is 23.0. The number of fused-ring (bicyclic) bond motifs is 1. The van der Waals surface area contributed by atoms with E-state index in [1.807, 2.05) is 90.3 Å². The second kappa shape index (κ2) is 13.3. The van der Waals surface area contributed by atoms with Crippen LogP contribution in [0.25, 0.3) is 10.1 Å². The molecule has 7 nitrogen and oxygen atoms in total. The SMILES string of the molecule is CC(C)(C)OC(=O)N[C@H](Cc1csc2ccccc12)C(=O)N(CC(=O)OCc1ccccc1)Cc1ccccc1. The fourth-order valence-electron chi connectivity index (χ4n) is 4.24. The van der Waals surface area contributed by atoms with E-state index in [0.717, 1.165) is 26.8 Å². The van der Waals surface area contributed by atoms with Gasteiger partial charge in [-0.2, -0.15) is 0 Å². The van der Waals surface area contributed by atoms with Gasteiger partial charge in [0.25, 0.3) is 0 Å². The summed E-state index contributed by atoms with van der Waals surface area (Å²) in [6.45, 7) is 5.31. The lowest BCUT2D eigenvalue weighted by Gasteiger charge is -2.28. The monoisotopic (exact) mass is 558 g/mol. The summed E-state index contributed by atoms with van der Waals surface area (Å²) in [6, 6.07) is 25.7. The van der Waals surface area contributed by atoms with Crippen LogP contribution in [0.5, 0.6) is 0 Å². The Labute approximate surface area is 238 Å². The number of thiophene rings is 1. The summed E-state index contributed by atoms with van der Waals surface area (Å²) >= 11 is 1.58. The van der Waals surface area contributed by atoms with E-state index in [-0.39, 0.29) is 26.1 Å². The van der Waals surface area contributed by atoms with Gasteiger partial charge in [0.1, 0.15) is 24.8 Å². The minimum absolute atomic E-state index is 0.105. The number of carbonyl (C=O) groups excluding carboxylic acids is 3. The van der Waals surface area contributed by atoms with Gasteiger partial charge in [-0.05, 0) is 54.3 Å². The third-order valence-electron chi connectivity index (χ3n) is 6.06. The Morgan fingerprint density at radius 1 is 0.875 bits per heavy atom. The number of carbonyl (C=O) groups is 3. The highest BCUT2D eigenvalue weighted by Gasteiger charge is 2.30. The second-order valence-electron chi connectivity index (χ2n) is 10.5. The van der Waals surface area contributed by atoms with E-state index in [9.17, 15) is 14.4 Å². The third-order valence-corrected chi connectivity index (χ3v) is 7.08. The first-order valence-corrected chi connectivity index (χ1v) is 14.0. The number of rotatable bonds is 10. The molecule has 3 aromatic carbocycles. The molecule has 0 saturated heterocycles. The van der Waals surface area contributed by atoms with Crippen molar-refractivity contribution >= 4 is 39.4 Å². The Morgan fingerprint density at radius 3 is 2.17 bits per heavy atom. The lowest BCUT2D eigenvalue weighted by atomic mass is 10.0. The van der Waals surface area contributed by atoms with Crippen LogP contribution in [0.15, 0.2) is 90.3 Å². The molecule has 2 amide bonds. The molecule has 0 unspecified atom stereocenters. The van der Waals surface area contributed by atoms with E-state index < -0.39 is 29.6 Å². The van der Waals surface area contributed by atoms with E-state index in [0.29, 0.717) is 0 Å². The molecule has 0 aliphatic carbocycles. The quantitative estimate of drug-likeness (QED) is 0.238. The molecule has 208 valence electrons. The van der Waals surface area contributed by atoms with Gasteiger partial charge in [0, 0.05) is 17.7 Å². The van der Waals surface area contributed by atoms with E-state index in [4.69, 9.17) is 9.47 Å². The van der Waals surface area contributed by atoms with Gasteiger partial charge in [-0.3, -0.25) is 9.59 Å². The number of benzene rings is 3. The van der Waals surface area contributed by atoms with Crippen LogP contribution in [-0.2, 0) is 38.6 Å². The molecule has 0 saturated carbocycles. The van der Waals surface area contributed by atoms with Gasteiger partial charge < -0.3 is 19.7 Å². The second-order valence-corrected chi connectivity index (χ2v) is 11.4. The summed E-state index contributed by atoms with van der Waals surface area (Å²) < 4.78 is 12.1. The van der Waals surface area contributed by atoms with Crippen LogP contribution in [-0.4, -0.2) is 41.1 Å². The number of hydrogen-bond acceptors (Lipinski definition) is 6. The van der Waals surface area contributed by atoms with Crippen LogP contribution in [0.4, 0.5) is 4.79 Å². The van der Waals surface area contributed by atoms with Crippen molar-refractivity contribution in [1.82, 2.24) is 10.2 Å². The normalized spacial score (nSPS) is 12.0. The maximum absolute atomic E-state index is 14.1. The average molecular weight is 559 g/mol. The topological polar surface area (TPSA) is 84.9 Å². The standard InChI is InChI=1S/C32H34N2O5S/c1-32(2,3)39-31(37)33-27(18-25-22-40-28-17-11-10-16-26(25)28)30(36)34(19-23-12-6-4-7-13-23)20-29(35)38-21-24-14-8-5-9-15-24/h4-17,22,27H,18-21H2,1-3H3,(H,33,37)/t27-/m1/s1. The first-order chi connectivity index (χ1) is 19.2. The predicted molar refractivity (Wildman–Crippen MR) is 157 cm³/mol. The smallest absolute Gasteiger partial charge is 0.408 e. The number of nitrogens with zero attached hydrogens (tertiary/aromatic N) is 1. The summed E-state index contributed by atoms with van der Waals surface area (Å²) in [5.41, 5.74) is 1.90. The van der Waals surface area contributed by atoms with Crippen molar-refractivity contribution in [3.8, 4) is 0 Å². The zero-order valence-corrected chi connectivity index (χ0v) is 23.8. The molecule has 0 bridgehead atoms. The lowest BCUT2D eigenvalue weighted by molar-refractivity contribution is -0.151. The fourth-order valence-corrected chi connectivity index (χ4v) is 5.21. The molecule has 1 heterocycles. The van der Waals surface area contributed by atoms with Crippen LogP contribution in [0.3, 0.4) is 0 Å². The van der Waals surface area contributed by atoms with Gasteiger partial charge in [-0.15, -0.1) is 11.3 Å². The van der Waals surface area contributed by atoms with Gasteiger partial charge in [0.2, 0.25) is 5.91 Å². The molecule has 1 atom stereocenters. The van der Waals surface area contributed by atoms with Crippen molar-refractivity contribution in [2.24, 2.45) is 0 Å². The molecule has 0 spiro atoms. The Kier molecular flexibility index (Phi) is 9.56. The largest absolute Gasteiger partial charge is 0.459 e. The van der Waals surface area contributed by atoms with Crippen molar-refractivity contribution < 1.29 is 23.9 Å². The summed E-state index contributed by atoms with van der Waals surface area (Å²) in [5.74, 6) is -0.938. The molecule has 8 heteroatoms. The van der Waals surface area contributed by atoms with Crippen LogP contribution in [0.1, 0.15) is 37.5 Å². The van der Waals surface area contributed by atoms with Crippen molar-refractivity contribution in [3.05, 3.63) is 107 Å². The van der Waals surface area contributed by atoms with Crippen LogP contribution in [0, 0.1) is 0 Å². The summed E-state index contributed by atoms with van der Waals surface area (Å²) in [6.07, 6.45) is -0.455. The number of ether oxygens (including phenoxy) is 2. The van der Waals surface area contributed by atoms with E-state index in [1.54, 1.807) is 32.1 Å². The van der Waals surface area contributed by atoms with Crippen LogP contribution >= 0.6 is 11.3 Å². The molecule has 0 aliphatic rings. The van der Waals surface area contributed by atoms with Crippen LogP contribution < -0.4 is 5.32 Å². The van der Waals surface area contributed by atoms with Gasteiger partial charge in [-0.1, -0.05) is 78.9 Å². The Hall–Kier alpha value is -4.17. The number of amides is 2. The Morgan fingerprint density at radius 2 is 1.50 bits per heavy atom. The van der Waals surface area contributed by atoms with Gasteiger partial charge in [0.05, 0.1) is 0 Å². The highest BCUT2D eigenvalue weighted by Crippen LogP contribution is 2.27. The van der Waals surface area contributed by atoms with Crippen LogP contribution in [0.2, 0.25) is 0 Å². The van der Waals surface area contributed by atoms with Gasteiger partial charge >= 0.3 is 12.1 Å². The number of hydrogen-bond donors (Lipinski definition) is 1. The van der Waals surface area contributed by atoms with Crippen molar-refractivity contribution in [3.63, 3.8) is 0 Å². The molecule has 0 aliphatic heterocycles. The lowest BCUT2D eigenvalue weighted by Crippen LogP contribution is -2.51. The maximum Gasteiger partial charge on any atom is 0.408 e. The summed E-state index contributed by atoms with van der Waals surface area (Å²) in [5, 5.41) is 5.79. The molecular weight excluding hydrogens is 524 g/mol. The van der Waals surface area contributed by atoms with E-state index >= 15 is 0 Å². The average Bonchev–Trinajstić information content (AvgIpc) is 3.33. The summed E-state index contributed by atoms with van der Waals surface area (Å²) in [4.78, 5) is 41.3. The minimum atomic E-state index is -0.960. The molecule has 0 radical (unpaired) electrons. The highest BCUT2D eigenvalue weighted by atomic mass is 32.1. The van der Waals surface area contributed by atoms with Gasteiger partial charge in [-0.25, -0.2) is 4.79 Å². The molecular formula is C32H34N2O5S. The van der Waals surface area contributed by atoms with Crippen molar-refractivity contribution in [2.75, 3.05) is 6.54 Å². The maximum atomic E-state index is 14.1. The first-order valence-electron chi connectivity index (χ1n) is 13.1. The van der Waals surface area contributed by atoms with Crippen molar-refractivity contribution in [2.45, 2.75) is 52.0 Å². The van der Waals surface area contributed by atoms with Gasteiger partial charge in [0.15, 0.2) is 0 Å². The molecule has 1 N–H and O–H groups in total. The highest BCUT2D eigenvalue weighted by molar-refractivity contribution is 7.17. The number of alkyl carbamates (subject to hydrolysis) is 1.